The number of anilines is 2. The van der Waals surface area contributed by atoms with Crippen molar-refractivity contribution in [3.05, 3.63) is 52.8 Å². The van der Waals surface area contributed by atoms with E-state index in [0.717, 1.165) is 0 Å². The van der Waals surface area contributed by atoms with E-state index in [4.69, 9.17) is 22.4 Å². The lowest BCUT2D eigenvalue weighted by Gasteiger charge is -2.07. The van der Waals surface area contributed by atoms with Crippen molar-refractivity contribution in [3.8, 4) is 0 Å². The lowest BCUT2D eigenvalue weighted by Crippen LogP contribution is -2.15. The van der Waals surface area contributed by atoms with Gasteiger partial charge in [0.15, 0.2) is 5.69 Å². The third kappa shape index (κ3) is 2.86. The largest absolute Gasteiger partial charge is 0.478 e. The monoisotopic (exact) mass is 291 g/mol. The molecule has 2 rings (SSSR count). The minimum Gasteiger partial charge on any atom is -0.478 e. The Morgan fingerprint density at radius 1 is 1.30 bits per heavy atom. The quantitative estimate of drug-likeness (QED) is 0.804. The van der Waals surface area contributed by atoms with Gasteiger partial charge in [0.1, 0.15) is 0 Å². The van der Waals surface area contributed by atoms with Crippen molar-refractivity contribution >= 4 is 34.9 Å². The molecular weight excluding hydrogens is 282 g/mol. The van der Waals surface area contributed by atoms with Crippen LogP contribution in [0.3, 0.4) is 0 Å². The van der Waals surface area contributed by atoms with Crippen LogP contribution in [0.15, 0.2) is 36.5 Å². The number of carbonyl (C=O) groups excluding carboxylic acids is 1. The molecule has 0 radical (unpaired) electrons. The summed E-state index contributed by atoms with van der Waals surface area (Å²) in [5, 5.41) is 11.4. The summed E-state index contributed by atoms with van der Waals surface area (Å²) in [6.07, 6.45) is 1.45. The van der Waals surface area contributed by atoms with E-state index < -0.39 is 11.9 Å². The van der Waals surface area contributed by atoms with E-state index in [1.165, 1.54) is 24.4 Å². The van der Waals surface area contributed by atoms with Gasteiger partial charge in [-0.15, -0.1) is 0 Å². The van der Waals surface area contributed by atoms with Crippen LogP contribution in [-0.2, 0) is 0 Å². The lowest BCUT2D eigenvalue weighted by atomic mass is 10.2. The molecule has 1 amide bonds. The third-order valence-electron chi connectivity index (χ3n) is 2.51. The van der Waals surface area contributed by atoms with Crippen LogP contribution in [0.2, 0.25) is 5.02 Å². The Bertz CT molecular complexity index is 688. The highest BCUT2D eigenvalue weighted by Crippen LogP contribution is 2.21. The summed E-state index contributed by atoms with van der Waals surface area (Å²) in [6.45, 7) is 0. The van der Waals surface area contributed by atoms with Crippen LogP contribution in [0.25, 0.3) is 0 Å². The van der Waals surface area contributed by atoms with E-state index in [9.17, 15) is 9.59 Å². The van der Waals surface area contributed by atoms with E-state index in [-0.39, 0.29) is 22.0 Å². The normalized spacial score (nSPS) is 10.1. The van der Waals surface area contributed by atoms with Crippen molar-refractivity contribution in [2.24, 2.45) is 0 Å². The smallest absolute Gasteiger partial charge is 0.337 e. The molecule has 0 aliphatic heterocycles. The maximum atomic E-state index is 12.0. The molecule has 6 nitrogen and oxygen atoms in total. The molecule has 0 atom stereocenters. The Morgan fingerprint density at radius 3 is 2.65 bits per heavy atom. The fourth-order valence-corrected chi connectivity index (χ4v) is 1.83. The van der Waals surface area contributed by atoms with Gasteiger partial charge >= 0.3 is 5.97 Å². The number of nitrogen functional groups attached to an aromatic ring is 1. The number of rotatable bonds is 3. The highest BCUT2D eigenvalue weighted by atomic mass is 35.5. The number of aromatic nitrogens is 1. The van der Waals surface area contributed by atoms with Gasteiger partial charge in [0.25, 0.3) is 5.91 Å². The highest BCUT2D eigenvalue weighted by Gasteiger charge is 2.13. The van der Waals surface area contributed by atoms with Gasteiger partial charge in [-0.1, -0.05) is 11.6 Å². The number of halogens is 1. The first kappa shape index (κ1) is 13.8. The van der Waals surface area contributed by atoms with Crippen LogP contribution in [0, 0.1) is 0 Å². The van der Waals surface area contributed by atoms with Gasteiger partial charge in [-0.05, 0) is 30.3 Å². The van der Waals surface area contributed by atoms with Gasteiger partial charge in [0, 0.05) is 11.9 Å². The average molecular weight is 292 g/mol. The number of carbonyl (C=O) groups is 2. The zero-order chi connectivity index (χ0) is 14.7. The number of carboxylic acids is 1. The summed E-state index contributed by atoms with van der Waals surface area (Å²) in [4.78, 5) is 26.7. The van der Waals surface area contributed by atoms with Crippen molar-refractivity contribution in [1.82, 2.24) is 4.98 Å². The number of nitrogens with one attached hydrogen (secondary N) is 1. The van der Waals surface area contributed by atoms with Crippen molar-refractivity contribution < 1.29 is 14.7 Å². The summed E-state index contributed by atoms with van der Waals surface area (Å²) >= 11 is 5.81. The van der Waals surface area contributed by atoms with Gasteiger partial charge in [-0.3, -0.25) is 4.79 Å². The van der Waals surface area contributed by atoms with Gasteiger partial charge in [-0.2, -0.15) is 0 Å². The van der Waals surface area contributed by atoms with Crippen LogP contribution < -0.4 is 11.1 Å². The number of nitrogens with zero attached hydrogens (tertiary/aromatic N) is 1. The van der Waals surface area contributed by atoms with E-state index in [0.29, 0.717) is 5.69 Å². The summed E-state index contributed by atoms with van der Waals surface area (Å²) in [5.41, 5.74) is 6.30. The van der Waals surface area contributed by atoms with Gasteiger partial charge in [-0.25, -0.2) is 9.78 Å². The lowest BCUT2D eigenvalue weighted by molar-refractivity contribution is 0.0697. The minimum atomic E-state index is -1.14. The van der Waals surface area contributed by atoms with E-state index in [1.54, 1.807) is 12.1 Å². The second-order valence-corrected chi connectivity index (χ2v) is 4.30. The molecule has 0 unspecified atom stereocenters. The first-order valence-electron chi connectivity index (χ1n) is 5.53. The summed E-state index contributed by atoms with van der Waals surface area (Å²) in [5.74, 6) is -1.64. The molecule has 0 aliphatic carbocycles. The summed E-state index contributed by atoms with van der Waals surface area (Å²) in [7, 11) is 0. The number of nitrogens with two attached hydrogens (primary N) is 1. The van der Waals surface area contributed by atoms with E-state index in [1.807, 2.05) is 0 Å². The molecule has 0 aliphatic rings. The van der Waals surface area contributed by atoms with E-state index >= 15 is 0 Å². The topological polar surface area (TPSA) is 105 Å². The Morgan fingerprint density at radius 2 is 2.05 bits per heavy atom. The second-order valence-electron chi connectivity index (χ2n) is 3.90. The fourth-order valence-electron chi connectivity index (χ4n) is 1.56. The first-order chi connectivity index (χ1) is 9.49. The predicted molar refractivity (Wildman–Crippen MR) is 75.0 cm³/mol. The molecule has 1 aromatic heterocycles. The molecule has 2 aromatic rings. The van der Waals surface area contributed by atoms with Gasteiger partial charge in [0.2, 0.25) is 0 Å². The molecule has 20 heavy (non-hydrogen) atoms. The zero-order valence-electron chi connectivity index (χ0n) is 10.1. The molecular formula is C13H10ClN3O3. The molecule has 0 fully saturated rings. The van der Waals surface area contributed by atoms with Crippen molar-refractivity contribution in [1.29, 1.82) is 0 Å². The minimum absolute atomic E-state index is 0.0318. The Kier molecular flexibility index (Phi) is 3.86. The Hall–Kier alpha value is -2.60. The molecule has 4 N–H and O–H groups in total. The van der Waals surface area contributed by atoms with Crippen LogP contribution in [0.4, 0.5) is 11.4 Å². The van der Waals surface area contributed by atoms with Crippen LogP contribution in [0.5, 0.6) is 0 Å². The number of benzene rings is 1. The molecule has 1 aromatic carbocycles. The third-order valence-corrected chi connectivity index (χ3v) is 2.82. The number of pyridine rings is 1. The molecule has 0 spiro atoms. The fraction of sp³-hybridized carbons (Fsp3) is 0. The number of hydrogen-bond acceptors (Lipinski definition) is 4. The standard InChI is InChI=1S/C13H10ClN3O3/c14-9-6-7(3-4-8(9)13(19)20)17-12(18)11-10(15)2-1-5-16-11/h1-6H,15H2,(H,17,18)(H,19,20). The molecule has 0 saturated carbocycles. The van der Waals surface area contributed by atoms with Gasteiger partial charge in [0.05, 0.1) is 16.3 Å². The van der Waals surface area contributed by atoms with Crippen LogP contribution >= 0.6 is 11.6 Å². The maximum Gasteiger partial charge on any atom is 0.337 e. The summed E-state index contributed by atoms with van der Waals surface area (Å²) in [6, 6.07) is 7.27. The maximum absolute atomic E-state index is 12.0. The first-order valence-corrected chi connectivity index (χ1v) is 5.91. The SMILES string of the molecule is Nc1cccnc1C(=O)Nc1ccc(C(=O)O)c(Cl)c1. The second kappa shape index (κ2) is 5.58. The Balaban J connectivity index is 2.23. The number of aromatic carboxylic acids is 1. The molecule has 7 heteroatoms. The number of hydrogen-bond donors (Lipinski definition) is 3. The molecule has 102 valence electrons. The van der Waals surface area contributed by atoms with Gasteiger partial charge < -0.3 is 16.2 Å². The molecule has 0 saturated heterocycles. The van der Waals surface area contributed by atoms with Crippen molar-refractivity contribution in [2.75, 3.05) is 11.1 Å². The average Bonchev–Trinajstić information content (AvgIpc) is 2.38. The van der Waals surface area contributed by atoms with E-state index in [2.05, 4.69) is 10.3 Å². The number of carboxylic acid groups (broad SMARTS) is 1. The zero-order valence-corrected chi connectivity index (χ0v) is 10.9. The number of amides is 1. The molecule has 0 bridgehead atoms. The highest BCUT2D eigenvalue weighted by molar-refractivity contribution is 6.33. The predicted octanol–water partition coefficient (Wildman–Crippen LogP) is 2.27. The van der Waals surface area contributed by atoms with Crippen molar-refractivity contribution in [3.63, 3.8) is 0 Å². The van der Waals surface area contributed by atoms with Crippen LogP contribution in [0.1, 0.15) is 20.8 Å². The Labute approximate surface area is 119 Å². The van der Waals surface area contributed by atoms with Crippen LogP contribution in [-0.4, -0.2) is 22.0 Å². The van der Waals surface area contributed by atoms with Crippen molar-refractivity contribution in [2.45, 2.75) is 0 Å². The summed E-state index contributed by atoms with van der Waals surface area (Å²) < 4.78 is 0. The molecule has 1 heterocycles.